The van der Waals surface area contributed by atoms with Crippen LogP contribution in [0.5, 0.6) is 5.75 Å². The number of carbonyl (C=O) groups is 1. The van der Waals surface area contributed by atoms with Gasteiger partial charge in [-0.1, -0.05) is 12.1 Å². The molecule has 0 aliphatic heterocycles. The van der Waals surface area contributed by atoms with Gasteiger partial charge in [-0.05, 0) is 63.5 Å². The molecule has 2 aromatic carbocycles. The van der Waals surface area contributed by atoms with Gasteiger partial charge in [0, 0.05) is 12.2 Å². The monoisotopic (exact) mass is 363 g/mol. The number of carbonyl (C=O) groups excluding carboxylic acids is 1. The Bertz CT molecular complexity index is 706. The summed E-state index contributed by atoms with van der Waals surface area (Å²) in [7, 11) is 3.97. The number of hydrogen-bond donors (Lipinski definition) is 2. The lowest BCUT2D eigenvalue weighted by atomic mass is 10.1. The Morgan fingerprint density at radius 1 is 1.12 bits per heavy atom. The van der Waals surface area contributed by atoms with E-state index in [1.807, 2.05) is 20.2 Å². The van der Waals surface area contributed by atoms with E-state index in [1.165, 1.54) is 12.1 Å². The number of amides is 1. The van der Waals surface area contributed by atoms with E-state index in [1.54, 1.807) is 30.3 Å². The first-order valence-electron chi connectivity index (χ1n) is 8.29. The van der Waals surface area contributed by atoms with Crippen molar-refractivity contribution in [1.82, 2.24) is 10.2 Å². The molecule has 0 fully saturated rings. The van der Waals surface area contributed by atoms with Gasteiger partial charge in [-0.3, -0.25) is 4.79 Å². The maximum absolute atomic E-state index is 12.4. The standard InChI is InChI=1S/C19H23F2N3O2/c1-24(2)13-5-12-22-18(25)16-6-3-4-7-17(16)23-14-8-10-15(11-9-14)26-19(20)21/h3-4,6-11,19,23H,5,12-13H2,1-2H3,(H,22,25). The van der Waals surface area contributed by atoms with Crippen LogP contribution in [0, 0.1) is 0 Å². The van der Waals surface area contributed by atoms with Crippen molar-refractivity contribution in [2.75, 3.05) is 32.5 Å². The highest BCUT2D eigenvalue weighted by Crippen LogP contribution is 2.23. The first-order chi connectivity index (χ1) is 12.5. The number of para-hydroxylation sites is 1. The minimum atomic E-state index is -2.86. The topological polar surface area (TPSA) is 53.6 Å². The lowest BCUT2D eigenvalue weighted by Crippen LogP contribution is -2.27. The zero-order valence-corrected chi connectivity index (χ0v) is 14.8. The van der Waals surface area contributed by atoms with Crippen molar-refractivity contribution in [3.63, 3.8) is 0 Å². The van der Waals surface area contributed by atoms with Crippen molar-refractivity contribution in [2.24, 2.45) is 0 Å². The van der Waals surface area contributed by atoms with Crippen LogP contribution in [0.15, 0.2) is 48.5 Å². The van der Waals surface area contributed by atoms with Gasteiger partial charge < -0.3 is 20.3 Å². The first-order valence-corrected chi connectivity index (χ1v) is 8.29. The molecule has 2 aromatic rings. The van der Waals surface area contributed by atoms with Gasteiger partial charge in [0.05, 0.1) is 11.3 Å². The van der Waals surface area contributed by atoms with E-state index >= 15 is 0 Å². The number of nitrogens with zero attached hydrogens (tertiary/aromatic N) is 1. The third-order valence-corrected chi connectivity index (χ3v) is 3.60. The SMILES string of the molecule is CN(C)CCCNC(=O)c1ccccc1Nc1ccc(OC(F)F)cc1. The van der Waals surface area contributed by atoms with Gasteiger partial charge in [-0.25, -0.2) is 0 Å². The zero-order valence-electron chi connectivity index (χ0n) is 14.8. The molecular weight excluding hydrogens is 340 g/mol. The van der Waals surface area contributed by atoms with Gasteiger partial charge in [0.25, 0.3) is 5.91 Å². The largest absolute Gasteiger partial charge is 0.435 e. The summed E-state index contributed by atoms with van der Waals surface area (Å²) in [6, 6.07) is 13.2. The van der Waals surface area contributed by atoms with Crippen LogP contribution in [0.2, 0.25) is 0 Å². The Hall–Kier alpha value is -2.67. The van der Waals surface area contributed by atoms with Gasteiger partial charge in [0.1, 0.15) is 5.75 Å². The number of rotatable bonds is 9. The predicted octanol–water partition coefficient (Wildman–Crippen LogP) is 3.71. The number of hydrogen-bond acceptors (Lipinski definition) is 4. The van der Waals surface area contributed by atoms with E-state index in [2.05, 4.69) is 20.3 Å². The van der Waals surface area contributed by atoms with Crippen LogP contribution in [0.4, 0.5) is 20.2 Å². The number of benzene rings is 2. The molecule has 0 atom stereocenters. The Labute approximate surface area is 152 Å². The molecule has 0 unspecified atom stereocenters. The molecule has 2 rings (SSSR count). The molecule has 0 aliphatic carbocycles. The second-order valence-corrected chi connectivity index (χ2v) is 5.99. The summed E-state index contributed by atoms with van der Waals surface area (Å²) >= 11 is 0. The summed E-state index contributed by atoms with van der Waals surface area (Å²) in [5, 5.41) is 6.03. The fourth-order valence-electron chi connectivity index (χ4n) is 2.36. The minimum Gasteiger partial charge on any atom is -0.435 e. The highest BCUT2D eigenvalue weighted by molar-refractivity contribution is 6.00. The summed E-state index contributed by atoms with van der Waals surface area (Å²) in [5.41, 5.74) is 1.82. The van der Waals surface area contributed by atoms with Gasteiger partial charge in [-0.15, -0.1) is 0 Å². The maximum Gasteiger partial charge on any atom is 0.387 e. The van der Waals surface area contributed by atoms with Crippen LogP contribution in [0.1, 0.15) is 16.8 Å². The highest BCUT2D eigenvalue weighted by atomic mass is 19.3. The van der Waals surface area contributed by atoms with Crippen molar-refractivity contribution >= 4 is 17.3 Å². The molecule has 0 aliphatic rings. The summed E-state index contributed by atoms with van der Waals surface area (Å²) in [6.07, 6.45) is 0.861. The average Bonchev–Trinajstić information content (AvgIpc) is 2.60. The minimum absolute atomic E-state index is 0.0810. The number of ether oxygens (including phenoxy) is 1. The van der Waals surface area contributed by atoms with E-state index < -0.39 is 6.61 Å². The summed E-state index contributed by atoms with van der Waals surface area (Å²) in [6.45, 7) is -1.37. The molecule has 1 amide bonds. The Balaban J connectivity index is 2.00. The molecule has 0 saturated carbocycles. The predicted molar refractivity (Wildman–Crippen MR) is 98.3 cm³/mol. The fraction of sp³-hybridized carbons (Fsp3) is 0.316. The van der Waals surface area contributed by atoms with E-state index in [-0.39, 0.29) is 11.7 Å². The van der Waals surface area contributed by atoms with Crippen molar-refractivity contribution in [1.29, 1.82) is 0 Å². The third kappa shape index (κ3) is 6.33. The molecule has 140 valence electrons. The lowest BCUT2D eigenvalue weighted by Gasteiger charge is -2.14. The van der Waals surface area contributed by atoms with Crippen molar-refractivity contribution in [2.45, 2.75) is 13.0 Å². The van der Waals surface area contributed by atoms with Crippen LogP contribution in [0.25, 0.3) is 0 Å². The van der Waals surface area contributed by atoms with Crippen molar-refractivity contribution in [3.8, 4) is 5.75 Å². The van der Waals surface area contributed by atoms with Crippen LogP contribution in [0.3, 0.4) is 0 Å². The molecule has 5 nitrogen and oxygen atoms in total. The number of anilines is 2. The van der Waals surface area contributed by atoms with Crippen LogP contribution < -0.4 is 15.4 Å². The Morgan fingerprint density at radius 3 is 2.46 bits per heavy atom. The molecule has 0 saturated heterocycles. The van der Waals surface area contributed by atoms with Gasteiger partial charge in [0.2, 0.25) is 0 Å². The smallest absolute Gasteiger partial charge is 0.387 e. The molecule has 7 heteroatoms. The summed E-state index contributed by atoms with van der Waals surface area (Å²) in [5.74, 6) is -0.0815. The fourth-order valence-corrected chi connectivity index (χ4v) is 2.36. The van der Waals surface area contributed by atoms with Gasteiger partial charge in [0.15, 0.2) is 0 Å². The number of nitrogens with one attached hydrogen (secondary N) is 2. The normalized spacial score (nSPS) is 10.8. The molecule has 0 aromatic heterocycles. The third-order valence-electron chi connectivity index (χ3n) is 3.60. The lowest BCUT2D eigenvalue weighted by molar-refractivity contribution is -0.0498. The average molecular weight is 363 g/mol. The molecular formula is C19H23F2N3O2. The second-order valence-electron chi connectivity index (χ2n) is 5.99. The molecule has 26 heavy (non-hydrogen) atoms. The molecule has 0 radical (unpaired) electrons. The summed E-state index contributed by atoms with van der Waals surface area (Å²) < 4.78 is 28.7. The van der Waals surface area contributed by atoms with Crippen LogP contribution in [-0.2, 0) is 0 Å². The Kier molecular flexibility index (Phi) is 7.35. The number of halogens is 2. The first kappa shape index (κ1) is 19.7. The Morgan fingerprint density at radius 2 is 1.81 bits per heavy atom. The van der Waals surface area contributed by atoms with Crippen LogP contribution in [-0.4, -0.2) is 44.6 Å². The zero-order chi connectivity index (χ0) is 18.9. The molecule has 0 bridgehead atoms. The summed E-state index contributed by atoms with van der Waals surface area (Å²) in [4.78, 5) is 14.5. The molecule has 2 N–H and O–H groups in total. The van der Waals surface area contributed by atoms with Gasteiger partial charge >= 0.3 is 6.61 Å². The molecule has 0 spiro atoms. The van der Waals surface area contributed by atoms with E-state index in [0.717, 1.165) is 13.0 Å². The quantitative estimate of drug-likeness (QED) is 0.667. The van der Waals surface area contributed by atoms with Crippen LogP contribution >= 0.6 is 0 Å². The maximum atomic E-state index is 12.4. The van der Waals surface area contributed by atoms with E-state index in [9.17, 15) is 13.6 Å². The van der Waals surface area contributed by atoms with E-state index in [0.29, 0.717) is 23.5 Å². The number of alkyl halides is 2. The second kappa shape index (κ2) is 9.72. The van der Waals surface area contributed by atoms with Crippen molar-refractivity contribution in [3.05, 3.63) is 54.1 Å². The van der Waals surface area contributed by atoms with Gasteiger partial charge in [-0.2, -0.15) is 8.78 Å². The highest BCUT2D eigenvalue weighted by Gasteiger charge is 2.11. The molecule has 0 heterocycles. The van der Waals surface area contributed by atoms with Crippen molar-refractivity contribution < 1.29 is 18.3 Å². The van der Waals surface area contributed by atoms with E-state index in [4.69, 9.17) is 0 Å².